The van der Waals surface area contributed by atoms with Crippen molar-refractivity contribution in [2.75, 3.05) is 32.7 Å². The van der Waals surface area contributed by atoms with Gasteiger partial charge in [0.25, 0.3) is 0 Å². The molecule has 2 aliphatic rings. The Labute approximate surface area is 161 Å². The largest absolute Gasteiger partial charge is 0.340 e. The van der Waals surface area contributed by atoms with E-state index in [0.29, 0.717) is 11.9 Å². The highest BCUT2D eigenvalue weighted by molar-refractivity contribution is 5.79. The number of carbonyl (C=O) groups excluding carboxylic acids is 1. The molecule has 3 heterocycles. The number of likely N-dealkylation sites (tertiary alicyclic amines) is 1. The summed E-state index contributed by atoms with van der Waals surface area (Å²) in [6, 6.07) is 8.77. The van der Waals surface area contributed by atoms with E-state index in [1.807, 2.05) is 6.07 Å². The topological polar surface area (TPSA) is 53.4 Å². The molecular formula is C21H31N5O. The van der Waals surface area contributed by atoms with Crippen LogP contribution in [0.2, 0.25) is 0 Å². The highest BCUT2D eigenvalue weighted by Gasteiger charge is 2.30. The number of aryl methyl sites for hydroxylation is 1. The van der Waals surface area contributed by atoms with Gasteiger partial charge >= 0.3 is 0 Å². The third kappa shape index (κ3) is 3.87. The summed E-state index contributed by atoms with van der Waals surface area (Å²) in [5, 5.41) is 3.41. The van der Waals surface area contributed by atoms with Crippen LogP contribution in [0.4, 0.5) is 0 Å². The number of hydrogen-bond acceptors (Lipinski definition) is 4. The summed E-state index contributed by atoms with van der Waals surface area (Å²) < 4.78 is 2.31. The van der Waals surface area contributed by atoms with Crippen LogP contribution in [0, 0.1) is 5.92 Å². The van der Waals surface area contributed by atoms with E-state index in [9.17, 15) is 4.79 Å². The fourth-order valence-corrected chi connectivity index (χ4v) is 4.53. The minimum atomic E-state index is 0.191. The maximum atomic E-state index is 12.8. The van der Waals surface area contributed by atoms with E-state index in [1.165, 1.54) is 5.52 Å². The molecule has 2 saturated heterocycles. The molecule has 6 nitrogen and oxygen atoms in total. The first-order valence-electron chi connectivity index (χ1n) is 10.3. The number of para-hydroxylation sites is 2. The smallest absolute Gasteiger partial charge is 0.225 e. The lowest BCUT2D eigenvalue weighted by atomic mass is 9.94. The molecule has 146 valence electrons. The van der Waals surface area contributed by atoms with Crippen molar-refractivity contribution < 1.29 is 4.79 Å². The van der Waals surface area contributed by atoms with Crippen LogP contribution in [0.3, 0.4) is 0 Å². The first-order valence-corrected chi connectivity index (χ1v) is 10.3. The van der Waals surface area contributed by atoms with E-state index in [1.54, 1.807) is 0 Å². The number of rotatable bonds is 4. The minimum absolute atomic E-state index is 0.191. The molecule has 0 saturated carbocycles. The Kier molecular flexibility index (Phi) is 5.45. The van der Waals surface area contributed by atoms with Crippen molar-refractivity contribution in [3.05, 3.63) is 30.1 Å². The van der Waals surface area contributed by atoms with Crippen molar-refractivity contribution in [1.82, 2.24) is 24.7 Å². The van der Waals surface area contributed by atoms with Gasteiger partial charge in [0, 0.05) is 38.1 Å². The van der Waals surface area contributed by atoms with E-state index in [-0.39, 0.29) is 5.92 Å². The predicted molar refractivity (Wildman–Crippen MR) is 107 cm³/mol. The Balaban J connectivity index is 1.36. The van der Waals surface area contributed by atoms with Crippen LogP contribution in [0.5, 0.6) is 0 Å². The molecule has 27 heavy (non-hydrogen) atoms. The van der Waals surface area contributed by atoms with Gasteiger partial charge in [0.2, 0.25) is 5.91 Å². The number of fused-ring (bicyclic) bond motifs is 1. The van der Waals surface area contributed by atoms with Crippen molar-refractivity contribution >= 4 is 16.9 Å². The molecule has 2 aromatic rings. The average molecular weight is 370 g/mol. The van der Waals surface area contributed by atoms with Gasteiger partial charge in [-0.1, -0.05) is 12.1 Å². The van der Waals surface area contributed by atoms with Crippen LogP contribution in [0.15, 0.2) is 24.3 Å². The number of benzene rings is 1. The summed E-state index contributed by atoms with van der Waals surface area (Å²) in [6.07, 6.45) is 1.92. The molecule has 0 bridgehead atoms. The number of piperazine rings is 1. The Morgan fingerprint density at radius 2 is 2.00 bits per heavy atom. The van der Waals surface area contributed by atoms with Gasteiger partial charge in [0.05, 0.1) is 17.6 Å². The average Bonchev–Trinajstić information content (AvgIpc) is 3.05. The van der Waals surface area contributed by atoms with Gasteiger partial charge in [-0.2, -0.15) is 0 Å². The van der Waals surface area contributed by atoms with E-state index in [4.69, 9.17) is 4.98 Å². The number of amides is 1. The second-order valence-electron chi connectivity index (χ2n) is 7.95. The molecule has 0 radical (unpaired) electrons. The minimum Gasteiger partial charge on any atom is -0.340 e. The standard InChI is InChI=1S/C21H31N5O/c1-3-26-19-7-5-4-6-18(19)23-20(26)15-24-11-8-17(9-12-24)21(27)25-13-10-22-16(2)14-25/h4-7,16-17,22H,3,8-15H2,1-2H3/t16-/m0/s1. The number of nitrogens with zero attached hydrogens (tertiary/aromatic N) is 4. The number of imidazole rings is 1. The summed E-state index contributed by atoms with van der Waals surface area (Å²) in [4.78, 5) is 22.2. The summed E-state index contributed by atoms with van der Waals surface area (Å²) in [7, 11) is 0. The van der Waals surface area contributed by atoms with E-state index >= 15 is 0 Å². The molecule has 0 aliphatic carbocycles. The highest BCUT2D eigenvalue weighted by Crippen LogP contribution is 2.23. The Hall–Kier alpha value is -1.92. The summed E-state index contributed by atoms with van der Waals surface area (Å²) in [5.41, 5.74) is 2.29. The normalized spacial score (nSPS) is 22.4. The third-order valence-electron chi connectivity index (χ3n) is 6.03. The van der Waals surface area contributed by atoms with Gasteiger partial charge in [-0.05, 0) is 51.9 Å². The van der Waals surface area contributed by atoms with E-state index in [0.717, 1.165) is 70.0 Å². The lowest BCUT2D eigenvalue weighted by Gasteiger charge is -2.37. The molecule has 0 spiro atoms. The fraction of sp³-hybridized carbons (Fsp3) is 0.619. The number of carbonyl (C=O) groups is 1. The van der Waals surface area contributed by atoms with Crippen molar-refractivity contribution in [3.8, 4) is 0 Å². The van der Waals surface area contributed by atoms with Gasteiger partial charge < -0.3 is 14.8 Å². The zero-order valence-corrected chi connectivity index (χ0v) is 16.5. The van der Waals surface area contributed by atoms with Crippen LogP contribution >= 0.6 is 0 Å². The molecule has 4 rings (SSSR count). The molecule has 1 atom stereocenters. The fourth-order valence-electron chi connectivity index (χ4n) is 4.53. The number of nitrogens with one attached hydrogen (secondary N) is 1. The summed E-state index contributed by atoms with van der Waals surface area (Å²) in [5.74, 6) is 1.69. The summed E-state index contributed by atoms with van der Waals surface area (Å²) in [6.45, 7) is 10.7. The molecule has 2 fully saturated rings. The van der Waals surface area contributed by atoms with Crippen LogP contribution in [-0.2, 0) is 17.9 Å². The number of piperidine rings is 1. The molecule has 6 heteroatoms. The molecule has 1 aromatic carbocycles. The quantitative estimate of drug-likeness (QED) is 0.897. The zero-order valence-electron chi connectivity index (χ0n) is 16.5. The molecule has 1 amide bonds. The lowest BCUT2D eigenvalue weighted by molar-refractivity contribution is -0.138. The monoisotopic (exact) mass is 369 g/mol. The van der Waals surface area contributed by atoms with Gasteiger partial charge in [-0.15, -0.1) is 0 Å². The number of aromatic nitrogens is 2. The highest BCUT2D eigenvalue weighted by atomic mass is 16.2. The second-order valence-corrected chi connectivity index (χ2v) is 7.95. The van der Waals surface area contributed by atoms with Gasteiger partial charge in [0.1, 0.15) is 5.82 Å². The van der Waals surface area contributed by atoms with Crippen LogP contribution in [0.1, 0.15) is 32.5 Å². The van der Waals surface area contributed by atoms with Crippen molar-refractivity contribution in [2.45, 2.75) is 45.8 Å². The van der Waals surface area contributed by atoms with Crippen molar-refractivity contribution in [3.63, 3.8) is 0 Å². The first-order chi connectivity index (χ1) is 13.2. The SMILES string of the molecule is CCn1c(CN2CCC(C(=O)N3CCN[C@@H](C)C3)CC2)nc2ccccc21. The van der Waals surface area contributed by atoms with Crippen LogP contribution in [0.25, 0.3) is 11.0 Å². The lowest BCUT2D eigenvalue weighted by Crippen LogP contribution is -2.53. The Bertz CT molecular complexity index is 793. The van der Waals surface area contributed by atoms with Gasteiger partial charge in [0.15, 0.2) is 0 Å². The van der Waals surface area contributed by atoms with Gasteiger partial charge in [-0.25, -0.2) is 4.98 Å². The van der Waals surface area contributed by atoms with Crippen molar-refractivity contribution in [2.24, 2.45) is 5.92 Å². The van der Waals surface area contributed by atoms with Crippen molar-refractivity contribution in [1.29, 1.82) is 0 Å². The molecular weight excluding hydrogens is 338 g/mol. The van der Waals surface area contributed by atoms with Crippen LogP contribution in [-0.4, -0.2) is 64.0 Å². The second kappa shape index (κ2) is 7.98. The molecule has 1 N–H and O–H groups in total. The molecule has 1 aromatic heterocycles. The maximum absolute atomic E-state index is 12.8. The number of hydrogen-bond donors (Lipinski definition) is 1. The van der Waals surface area contributed by atoms with Gasteiger partial charge in [-0.3, -0.25) is 9.69 Å². The maximum Gasteiger partial charge on any atom is 0.225 e. The first kappa shape index (κ1) is 18.4. The van der Waals surface area contributed by atoms with E-state index < -0.39 is 0 Å². The Morgan fingerprint density at radius 3 is 2.74 bits per heavy atom. The van der Waals surface area contributed by atoms with Crippen LogP contribution < -0.4 is 5.32 Å². The summed E-state index contributed by atoms with van der Waals surface area (Å²) >= 11 is 0. The molecule has 2 aliphatic heterocycles. The third-order valence-corrected chi connectivity index (χ3v) is 6.03. The van der Waals surface area contributed by atoms with E-state index in [2.05, 4.69) is 51.7 Å². The molecule has 0 unspecified atom stereocenters. The Morgan fingerprint density at radius 1 is 1.22 bits per heavy atom. The zero-order chi connectivity index (χ0) is 18.8. The predicted octanol–water partition coefficient (Wildman–Crippen LogP) is 2.09.